The fourth-order valence-corrected chi connectivity index (χ4v) is 9.43. The van der Waals surface area contributed by atoms with Gasteiger partial charge in [-0.15, -0.1) is 0 Å². The van der Waals surface area contributed by atoms with E-state index in [9.17, 15) is 0 Å². The monoisotopic (exact) mass is 845 g/mol. The van der Waals surface area contributed by atoms with E-state index in [0.717, 1.165) is 83.3 Å². The van der Waals surface area contributed by atoms with Gasteiger partial charge >= 0.3 is 0 Å². The lowest BCUT2D eigenvalue weighted by Gasteiger charge is -2.20. The minimum atomic E-state index is -0.0618. The van der Waals surface area contributed by atoms with Gasteiger partial charge < -0.3 is 4.42 Å². The number of furan rings is 1. The van der Waals surface area contributed by atoms with Crippen molar-refractivity contribution in [1.82, 2.24) is 0 Å². The van der Waals surface area contributed by atoms with E-state index < -0.39 is 0 Å². The molecule has 0 radical (unpaired) electrons. The predicted molar refractivity (Wildman–Crippen MR) is 280 cm³/mol. The molecule has 0 saturated heterocycles. The zero-order chi connectivity index (χ0) is 44.4. The van der Waals surface area contributed by atoms with Crippen LogP contribution in [0, 0.1) is 0 Å². The Hall–Kier alpha value is -8.33. The number of allylic oxidation sites excluding steroid dienone is 2. The highest BCUT2D eigenvalue weighted by molar-refractivity contribution is 6.19. The summed E-state index contributed by atoms with van der Waals surface area (Å²) in [7, 11) is 0. The second-order valence-electron chi connectivity index (χ2n) is 17.1. The van der Waals surface area contributed by atoms with Gasteiger partial charge in [0.1, 0.15) is 11.2 Å². The normalized spacial score (nSPS) is 12.5. The van der Waals surface area contributed by atoms with Crippen LogP contribution in [0.1, 0.15) is 36.6 Å². The van der Waals surface area contributed by atoms with E-state index in [-0.39, 0.29) is 6.04 Å². The smallest absolute Gasteiger partial charge is 0.136 e. The van der Waals surface area contributed by atoms with E-state index in [1.807, 2.05) is 0 Å². The number of rotatable bonds is 10. The van der Waals surface area contributed by atoms with Gasteiger partial charge in [0, 0.05) is 16.3 Å². The Morgan fingerprint density at radius 3 is 1.67 bits per heavy atom. The van der Waals surface area contributed by atoms with Crippen molar-refractivity contribution in [2.24, 2.45) is 4.99 Å². The third kappa shape index (κ3) is 7.95. The van der Waals surface area contributed by atoms with Crippen LogP contribution in [0.15, 0.2) is 252 Å². The first-order valence-electron chi connectivity index (χ1n) is 22.7. The molecule has 1 unspecified atom stereocenters. The first kappa shape index (κ1) is 40.4. The Labute approximate surface area is 386 Å². The fourth-order valence-electron chi connectivity index (χ4n) is 9.43. The number of aliphatic imine (C=N–C) groups is 1. The van der Waals surface area contributed by atoms with Gasteiger partial charge in [-0.05, 0) is 139 Å². The van der Waals surface area contributed by atoms with Crippen LogP contribution in [-0.4, -0.2) is 5.71 Å². The van der Waals surface area contributed by atoms with Crippen molar-refractivity contribution in [3.05, 3.63) is 259 Å². The summed E-state index contributed by atoms with van der Waals surface area (Å²) in [6.07, 6.45) is 2.26. The van der Waals surface area contributed by atoms with E-state index in [1.54, 1.807) is 0 Å². The van der Waals surface area contributed by atoms with Crippen molar-refractivity contribution in [3.8, 4) is 55.6 Å². The van der Waals surface area contributed by atoms with E-state index >= 15 is 0 Å². The summed E-state index contributed by atoms with van der Waals surface area (Å²) < 4.78 is 6.51. The second-order valence-corrected chi connectivity index (χ2v) is 17.1. The third-order valence-electron chi connectivity index (χ3n) is 12.9. The molecular weight excluding hydrogens is 799 g/mol. The Bertz CT molecular complexity index is 3570. The van der Waals surface area contributed by atoms with Crippen LogP contribution in [0.4, 0.5) is 0 Å². The quantitative estimate of drug-likeness (QED) is 0.126. The second kappa shape index (κ2) is 17.7. The van der Waals surface area contributed by atoms with Crippen LogP contribution >= 0.6 is 0 Å². The van der Waals surface area contributed by atoms with Crippen molar-refractivity contribution in [2.45, 2.75) is 19.9 Å². The minimum Gasteiger partial charge on any atom is -0.456 e. The number of hydrogen-bond acceptors (Lipinski definition) is 2. The molecule has 0 aliphatic carbocycles. The molecule has 1 atom stereocenters. The van der Waals surface area contributed by atoms with Crippen LogP contribution < -0.4 is 0 Å². The minimum absolute atomic E-state index is 0.0618. The molecular formula is C64H47NO. The molecule has 0 aliphatic rings. The molecule has 0 N–H and O–H groups in total. The summed E-state index contributed by atoms with van der Waals surface area (Å²) in [4.78, 5) is 5.49. The van der Waals surface area contributed by atoms with Crippen LogP contribution in [0.3, 0.4) is 0 Å². The molecule has 10 aromatic carbocycles. The van der Waals surface area contributed by atoms with E-state index in [4.69, 9.17) is 9.41 Å². The summed E-state index contributed by atoms with van der Waals surface area (Å²) >= 11 is 0. The van der Waals surface area contributed by atoms with Gasteiger partial charge in [0.05, 0.1) is 11.8 Å². The molecule has 11 aromatic rings. The highest BCUT2D eigenvalue weighted by Gasteiger charge is 2.20. The van der Waals surface area contributed by atoms with Crippen molar-refractivity contribution in [3.63, 3.8) is 0 Å². The first-order chi connectivity index (χ1) is 32.5. The van der Waals surface area contributed by atoms with Crippen LogP contribution in [0.2, 0.25) is 0 Å². The molecule has 2 heteroatoms. The van der Waals surface area contributed by atoms with Crippen LogP contribution in [0.25, 0.3) is 93.9 Å². The molecule has 66 heavy (non-hydrogen) atoms. The lowest BCUT2D eigenvalue weighted by molar-refractivity contribution is 0.669. The molecule has 1 heterocycles. The Morgan fingerprint density at radius 1 is 0.424 bits per heavy atom. The maximum atomic E-state index is 6.51. The van der Waals surface area contributed by atoms with Gasteiger partial charge in [-0.2, -0.15) is 0 Å². The SMILES string of the molecule is C/C(=C\C(=N/C(C)c1ccccc1)c1cccc(-c2cc(-c3ccccc3)cc(-c3ccc4oc5ccc6ccccc6c5c4c3)c2-c2ccccc2)c1)c1ccc(-c2ccccc2)cc1. The number of nitrogens with zero attached hydrogens (tertiary/aromatic N) is 1. The molecule has 0 bridgehead atoms. The summed E-state index contributed by atoms with van der Waals surface area (Å²) in [5.74, 6) is 0. The Morgan fingerprint density at radius 2 is 0.970 bits per heavy atom. The molecule has 0 fully saturated rings. The zero-order valence-corrected chi connectivity index (χ0v) is 37.0. The van der Waals surface area contributed by atoms with Crippen molar-refractivity contribution in [1.29, 1.82) is 0 Å². The maximum Gasteiger partial charge on any atom is 0.136 e. The van der Waals surface area contributed by atoms with Crippen LogP contribution in [0.5, 0.6) is 0 Å². The Kier molecular flexibility index (Phi) is 10.8. The molecule has 0 saturated carbocycles. The predicted octanol–water partition coefficient (Wildman–Crippen LogP) is 17.7. The van der Waals surface area contributed by atoms with E-state index in [1.165, 1.54) is 33.0 Å². The van der Waals surface area contributed by atoms with Gasteiger partial charge in [0.2, 0.25) is 0 Å². The maximum absolute atomic E-state index is 6.51. The highest BCUT2D eigenvalue weighted by atomic mass is 16.3. The van der Waals surface area contributed by atoms with Crippen molar-refractivity contribution < 1.29 is 4.42 Å². The van der Waals surface area contributed by atoms with Gasteiger partial charge in [0.15, 0.2) is 0 Å². The van der Waals surface area contributed by atoms with Crippen molar-refractivity contribution >= 4 is 44.0 Å². The lowest BCUT2D eigenvalue weighted by Crippen LogP contribution is -2.03. The largest absolute Gasteiger partial charge is 0.456 e. The summed E-state index contributed by atoms with van der Waals surface area (Å²) in [6, 6.07) is 84.7. The summed E-state index contributed by atoms with van der Waals surface area (Å²) in [5, 5.41) is 4.64. The van der Waals surface area contributed by atoms with Crippen molar-refractivity contribution in [2.75, 3.05) is 0 Å². The molecule has 0 aliphatic heterocycles. The average Bonchev–Trinajstić information content (AvgIpc) is 3.78. The van der Waals surface area contributed by atoms with Crippen LogP contribution in [-0.2, 0) is 0 Å². The number of fused-ring (bicyclic) bond motifs is 5. The van der Waals surface area contributed by atoms with Gasteiger partial charge in [-0.25, -0.2) is 0 Å². The number of hydrogen-bond donors (Lipinski definition) is 0. The number of benzene rings is 10. The molecule has 314 valence electrons. The summed E-state index contributed by atoms with van der Waals surface area (Å²) in [5.41, 5.74) is 18.8. The molecule has 0 amide bonds. The molecule has 11 rings (SSSR count). The first-order valence-corrected chi connectivity index (χ1v) is 22.7. The van der Waals surface area contributed by atoms with Gasteiger partial charge in [-0.3, -0.25) is 4.99 Å². The lowest BCUT2D eigenvalue weighted by atomic mass is 9.84. The topological polar surface area (TPSA) is 25.5 Å². The standard InChI is InChI=1S/C64H47NO/c1-43(45-30-32-49(33-31-45)47-20-9-4-10-21-47)38-60(65-44(2)46-18-7-3-8-19-46)54-28-17-27-52(39-54)57-41-55(48-22-11-5-12-23-48)42-58(63(57)51-25-13-6-14-26-51)53-35-36-61-59(40-53)64-56-29-16-15-24-50(56)34-37-62(64)66-61/h3-42,44H,1-2H3/b43-38+,65-60+. The molecule has 1 aromatic heterocycles. The van der Waals surface area contributed by atoms with E-state index in [2.05, 4.69) is 257 Å². The summed E-state index contributed by atoms with van der Waals surface area (Å²) in [6.45, 7) is 4.37. The highest BCUT2D eigenvalue weighted by Crippen LogP contribution is 2.45. The van der Waals surface area contributed by atoms with Gasteiger partial charge in [-0.1, -0.05) is 200 Å². The third-order valence-corrected chi connectivity index (χ3v) is 12.9. The van der Waals surface area contributed by atoms with E-state index in [0.29, 0.717) is 0 Å². The Balaban J connectivity index is 1.11. The molecule has 2 nitrogen and oxygen atoms in total. The molecule has 0 spiro atoms. The average molecular weight is 846 g/mol. The van der Waals surface area contributed by atoms with Gasteiger partial charge in [0.25, 0.3) is 0 Å². The fraction of sp³-hybridized carbons (Fsp3) is 0.0469. The zero-order valence-electron chi connectivity index (χ0n) is 37.0.